The fourth-order valence-electron chi connectivity index (χ4n) is 3.72. The van der Waals surface area contributed by atoms with Crippen LogP contribution in [0.5, 0.6) is 0 Å². The van der Waals surface area contributed by atoms with Crippen LogP contribution in [0.25, 0.3) is 0 Å². The summed E-state index contributed by atoms with van der Waals surface area (Å²) in [5, 5.41) is 3.51. The Labute approximate surface area is 119 Å². The van der Waals surface area contributed by atoms with Gasteiger partial charge in [0.2, 0.25) is 0 Å². The molecule has 0 aromatic heterocycles. The lowest BCUT2D eigenvalue weighted by Gasteiger charge is -2.45. The van der Waals surface area contributed by atoms with E-state index in [1.165, 1.54) is 37.8 Å². The van der Waals surface area contributed by atoms with E-state index in [9.17, 15) is 8.78 Å². The van der Waals surface area contributed by atoms with Crippen molar-refractivity contribution >= 4 is 0 Å². The van der Waals surface area contributed by atoms with Crippen molar-refractivity contribution < 1.29 is 8.78 Å². The van der Waals surface area contributed by atoms with Gasteiger partial charge in [0.1, 0.15) is 0 Å². The molecule has 0 bridgehead atoms. The van der Waals surface area contributed by atoms with Crippen LogP contribution in [0.4, 0.5) is 8.78 Å². The molecule has 0 amide bonds. The average molecular weight is 280 g/mol. The number of halogens is 2. The summed E-state index contributed by atoms with van der Waals surface area (Å²) < 4.78 is 26.2. The molecule has 0 aliphatic carbocycles. The lowest BCUT2D eigenvalue weighted by molar-refractivity contribution is 0.0600. The highest BCUT2D eigenvalue weighted by Crippen LogP contribution is 2.36. The van der Waals surface area contributed by atoms with E-state index in [4.69, 9.17) is 0 Å². The Morgan fingerprint density at radius 2 is 2.00 bits per heavy atom. The van der Waals surface area contributed by atoms with Crippen LogP contribution in [-0.2, 0) is 6.54 Å². The largest absolute Gasteiger partial charge is 0.316 e. The normalized spacial score (nSPS) is 27.9. The van der Waals surface area contributed by atoms with Gasteiger partial charge in [0.05, 0.1) is 0 Å². The van der Waals surface area contributed by atoms with Crippen LogP contribution < -0.4 is 5.32 Å². The van der Waals surface area contributed by atoms with Crippen molar-refractivity contribution in [2.24, 2.45) is 5.41 Å². The van der Waals surface area contributed by atoms with Crippen LogP contribution in [0.3, 0.4) is 0 Å². The van der Waals surface area contributed by atoms with Gasteiger partial charge in [-0.2, -0.15) is 0 Å². The van der Waals surface area contributed by atoms with E-state index >= 15 is 0 Å². The summed E-state index contributed by atoms with van der Waals surface area (Å²) >= 11 is 0. The lowest BCUT2D eigenvalue weighted by Crippen LogP contribution is -2.50. The highest BCUT2D eigenvalue weighted by atomic mass is 19.2. The molecular weight excluding hydrogens is 258 g/mol. The Bertz CT molecular complexity index is 464. The average Bonchev–Trinajstić information content (AvgIpc) is 2.44. The number of benzene rings is 1. The molecular formula is C16H22F2N2. The van der Waals surface area contributed by atoms with E-state index in [0.717, 1.165) is 38.3 Å². The van der Waals surface area contributed by atoms with E-state index in [1.54, 1.807) is 6.07 Å². The zero-order valence-electron chi connectivity index (χ0n) is 11.8. The number of likely N-dealkylation sites (tertiary alicyclic amines) is 1. The quantitative estimate of drug-likeness (QED) is 0.896. The van der Waals surface area contributed by atoms with Gasteiger partial charge in [-0.1, -0.05) is 6.07 Å². The molecule has 2 aliphatic heterocycles. The van der Waals surface area contributed by atoms with E-state index in [-0.39, 0.29) is 0 Å². The predicted molar refractivity (Wildman–Crippen MR) is 75.4 cm³/mol. The molecule has 0 saturated carbocycles. The molecule has 3 rings (SSSR count). The molecule has 110 valence electrons. The molecule has 1 unspecified atom stereocenters. The van der Waals surface area contributed by atoms with Crippen molar-refractivity contribution in [2.75, 3.05) is 26.2 Å². The minimum Gasteiger partial charge on any atom is -0.316 e. The maximum Gasteiger partial charge on any atom is 0.159 e. The van der Waals surface area contributed by atoms with Crippen LogP contribution in [0.15, 0.2) is 18.2 Å². The van der Waals surface area contributed by atoms with Gasteiger partial charge in [-0.3, -0.25) is 4.90 Å². The molecule has 1 aromatic rings. The molecule has 2 nitrogen and oxygen atoms in total. The summed E-state index contributed by atoms with van der Waals surface area (Å²) in [6.45, 7) is 5.07. The van der Waals surface area contributed by atoms with Crippen molar-refractivity contribution in [2.45, 2.75) is 32.2 Å². The summed E-state index contributed by atoms with van der Waals surface area (Å²) in [6, 6.07) is 4.25. The highest BCUT2D eigenvalue weighted by Gasteiger charge is 2.36. The lowest BCUT2D eigenvalue weighted by atomic mass is 9.74. The molecule has 2 fully saturated rings. The van der Waals surface area contributed by atoms with Crippen LogP contribution in [0.2, 0.25) is 0 Å². The fourth-order valence-corrected chi connectivity index (χ4v) is 3.72. The Morgan fingerprint density at radius 1 is 1.15 bits per heavy atom. The Hall–Kier alpha value is -1.00. The summed E-state index contributed by atoms with van der Waals surface area (Å²) in [4.78, 5) is 2.39. The van der Waals surface area contributed by atoms with Gasteiger partial charge in [0.15, 0.2) is 11.6 Å². The minimum absolute atomic E-state index is 0.398. The molecule has 20 heavy (non-hydrogen) atoms. The monoisotopic (exact) mass is 280 g/mol. The predicted octanol–water partition coefficient (Wildman–Crippen LogP) is 2.93. The summed E-state index contributed by atoms with van der Waals surface area (Å²) in [6.07, 6.45) is 5.02. The molecule has 4 heteroatoms. The molecule has 1 aromatic carbocycles. The van der Waals surface area contributed by atoms with E-state index in [1.807, 2.05) is 0 Å². The van der Waals surface area contributed by atoms with E-state index in [0.29, 0.717) is 5.41 Å². The SMILES string of the molecule is Fc1ccc(CN2CCCC3(CCCNC3)C2)cc1F. The zero-order valence-corrected chi connectivity index (χ0v) is 11.8. The van der Waals surface area contributed by atoms with Gasteiger partial charge in [0.25, 0.3) is 0 Å². The molecule has 0 radical (unpaired) electrons. The number of nitrogens with zero attached hydrogens (tertiary/aromatic N) is 1. The fraction of sp³-hybridized carbons (Fsp3) is 0.625. The number of hydrogen-bond acceptors (Lipinski definition) is 2. The van der Waals surface area contributed by atoms with Gasteiger partial charge in [-0.05, 0) is 61.9 Å². The first-order valence-electron chi connectivity index (χ1n) is 7.54. The molecule has 1 atom stereocenters. The Balaban J connectivity index is 1.66. The third-order valence-electron chi connectivity index (χ3n) is 4.69. The third kappa shape index (κ3) is 3.01. The Kier molecular flexibility index (Phi) is 4.03. The van der Waals surface area contributed by atoms with Crippen molar-refractivity contribution in [1.82, 2.24) is 10.2 Å². The smallest absolute Gasteiger partial charge is 0.159 e. The standard InChI is InChI=1S/C16H22F2N2/c17-14-4-3-13(9-15(14)18)10-20-8-2-6-16(12-20)5-1-7-19-11-16/h3-4,9,19H,1-2,5-8,10-12H2. The molecule has 2 aliphatic rings. The maximum absolute atomic E-state index is 13.3. The Morgan fingerprint density at radius 3 is 2.75 bits per heavy atom. The van der Waals surface area contributed by atoms with Gasteiger partial charge >= 0.3 is 0 Å². The van der Waals surface area contributed by atoms with Gasteiger partial charge in [-0.25, -0.2) is 8.78 Å². The second-order valence-corrected chi connectivity index (χ2v) is 6.34. The first-order chi connectivity index (χ1) is 9.67. The van der Waals surface area contributed by atoms with E-state index in [2.05, 4.69) is 10.2 Å². The first kappa shape index (κ1) is 14.0. The van der Waals surface area contributed by atoms with Crippen LogP contribution in [-0.4, -0.2) is 31.1 Å². The van der Waals surface area contributed by atoms with Gasteiger partial charge < -0.3 is 5.32 Å². The van der Waals surface area contributed by atoms with Gasteiger partial charge in [-0.15, -0.1) is 0 Å². The second kappa shape index (κ2) is 5.78. The summed E-state index contributed by atoms with van der Waals surface area (Å²) in [5.74, 6) is -1.51. The first-order valence-corrected chi connectivity index (χ1v) is 7.54. The minimum atomic E-state index is -0.764. The highest BCUT2D eigenvalue weighted by molar-refractivity contribution is 5.17. The topological polar surface area (TPSA) is 15.3 Å². The summed E-state index contributed by atoms with van der Waals surface area (Å²) in [5.41, 5.74) is 1.26. The third-order valence-corrected chi connectivity index (χ3v) is 4.69. The molecule has 1 N–H and O–H groups in total. The van der Waals surface area contributed by atoms with Crippen LogP contribution in [0.1, 0.15) is 31.2 Å². The van der Waals surface area contributed by atoms with Gasteiger partial charge in [0, 0.05) is 19.6 Å². The zero-order chi connectivity index (χ0) is 14.0. The number of hydrogen-bond donors (Lipinski definition) is 1. The van der Waals surface area contributed by atoms with Crippen molar-refractivity contribution in [3.05, 3.63) is 35.4 Å². The van der Waals surface area contributed by atoms with Crippen LogP contribution >= 0.6 is 0 Å². The number of nitrogens with one attached hydrogen (secondary N) is 1. The summed E-state index contributed by atoms with van der Waals surface area (Å²) in [7, 11) is 0. The number of piperidine rings is 2. The van der Waals surface area contributed by atoms with Crippen molar-refractivity contribution in [3.63, 3.8) is 0 Å². The van der Waals surface area contributed by atoms with Crippen LogP contribution in [0, 0.1) is 17.0 Å². The van der Waals surface area contributed by atoms with E-state index < -0.39 is 11.6 Å². The molecule has 1 spiro atoms. The second-order valence-electron chi connectivity index (χ2n) is 6.34. The molecule has 2 heterocycles. The number of rotatable bonds is 2. The van der Waals surface area contributed by atoms with Crippen molar-refractivity contribution in [3.8, 4) is 0 Å². The molecule has 2 saturated heterocycles. The maximum atomic E-state index is 13.3. The van der Waals surface area contributed by atoms with Crippen molar-refractivity contribution in [1.29, 1.82) is 0 Å².